The van der Waals surface area contributed by atoms with E-state index in [9.17, 15) is 8.42 Å². The maximum absolute atomic E-state index is 12.4. The van der Waals surface area contributed by atoms with Gasteiger partial charge in [0.2, 0.25) is 10.0 Å². The van der Waals surface area contributed by atoms with Crippen LogP contribution >= 0.6 is 12.4 Å². The fourth-order valence-electron chi connectivity index (χ4n) is 2.11. The lowest BCUT2D eigenvalue weighted by Gasteiger charge is -2.16. The van der Waals surface area contributed by atoms with E-state index in [1.807, 2.05) is 40.7 Å². The van der Waals surface area contributed by atoms with Gasteiger partial charge in [-0.2, -0.15) is 0 Å². The monoisotopic (exact) mass is 320 g/mol. The van der Waals surface area contributed by atoms with Crippen LogP contribution in [-0.2, 0) is 10.0 Å². The lowest BCUT2D eigenvalue weighted by molar-refractivity contribution is 0.576. The van der Waals surface area contributed by atoms with Crippen LogP contribution in [0.3, 0.4) is 0 Å². The van der Waals surface area contributed by atoms with E-state index in [1.165, 1.54) is 0 Å². The van der Waals surface area contributed by atoms with Crippen molar-refractivity contribution in [3.63, 3.8) is 0 Å². The molecule has 1 aromatic rings. The van der Waals surface area contributed by atoms with E-state index in [4.69, 9.17) is 0 Å². The molecule has 0 heterocycles. The highest BCUT2D eigenvalue weighted by atomic mass is 35.5. The smallest absolute Gasteiger partial charge is 0.241 e. The molecule has 4 nitrogen and oxygen atoms in total. The fraction of sp³-hybridized carbons (Fsp3) is 0.571. The molecule has 0 aliphatic rings. The van der Waals surface area contributed by atoms with Crippen LogP contribution in [0.15, 0.2) is 11.0 Å². The highest BCUT2D eigenvalue weighted by molar-refractivity contribution is 7.89. The molecule has 0 aliphatic carbocycles. The number of aryl methyl sites for hydroxylation is 2. The van der Waals surface area contributed by atoms with Crippen LogP contribution in [-0.4, -0.2) is 28.1 Å². The molecule has 0 radical (unpaired) electrons. The number of sulfonamides is 1. The molecule has 1 aromatic carbocycles. The van der Waals surface area contributed by atoms with E-state index >= 15 is 0 Å². The molecule has 1 rings (SSSR count). The number of hydrogen-bond donors (Lipinski definition) is 2. The number of nitrogens with one attached hydrogen (secondary N) is 2. The summed E-state index contributed by atoms with van der Waals surface area (Å²) >= 11 is 0. The van der Waals surface area contributed by atoms with E-state index < -0.39 is 10.0 Å². The molecular formula is C14H25ClN2O2S. The summed E-state index contributed by atoms with van der Waals surface area (Å²) in [5.74, 6) is 0. The Hall–Kier alpha value is -0.620. The first-order valence-electron chi connectivity index (χ1n) is 6.59. The predicted molar refractivity (Wildman–Crippen MR) is 86.4 cm³/mol. The number of halogens is 1. The van der Waals surface area contributed by atoms with Crippen LogP contribution < -0.4 is 10.0 Å². The van der Waals surface area contributed by atoms with Gasteiger partial charge in [-0.1, -0.05) is 13.0 Å². The van der Waals surface area contributed by atoms with Crippen LogP contribution in [0.5, 0.6) is 0 Å². The van der Waals surface area contributed by atoms with Crippen molar-refractivity contribution < 1.29 is 8.42 Å². The zero-order valence-corrected chi connectivity index (χ0v) is 14.5. The van der Waals surface area contributed by atoms with Gasteiger partial charge in [0, 0.05) is 13.1 Å². The van der Waals surface area contributed by atoms with Crippen molar-refractivity contribution in [2.45, 2.75) is 39.5 Å². The van der Waals surface area contributed by atoms with Crippen LogP contribution in [0.2, 0.25) is 0 Å². The Labute approximate surface area is 128 Å². The molecule has 0 aliphatic heterocycles. The zero-order chi connectivity index (χ0) is 14.6. The standard InChI is InChI=1S/C14H24N2O2S.ClH/c1-6-15-7-8-16-19(17,18)14-12(4)10(2)9-11(3)13(14)5;/h9,15-16H,6-8H2,1-5H3;1H. The first kappa shape index (κ1) is 19.4. The second kappa shape index (κ2) is 7.98. The summed E-state index contributed by atoms with van der Waals surface area (Å²) in [6.45, 7) is 11.5. The van der Waals surface area contributed by atoms with Crippen molar-refractivity contribution in [3.05, 3.63) is 28.3 Å². The Morgan fingerprint density at radius 2 is 1.50 bits per heavy atom. The molecule has 0 amide bonds. The summed E-state index contributed by atoms with van der Waals surface area (Å²) in [5, 5.41) is 3.10. The van der Waals surface area contributed by atoms with Gasteiger partial charge >= 0.3 is 0 Å². The summed E-state index contributed by atoms with van der Waals surface area (Å²) in [4.78, 5) is 0.432. The van der Waals surface area contributed by atoms with Gasteiger partial charge in [0.05, 0.1) is 4.90 Å². The molecule has 0 fully saturated rings. The number of benzene rings is 1. The molecule has 0 saturated carbocycles. The summed E-state index contributed by atoms with van der Waals surface area (Å²) in [7, 11) is -3.44. The van der Waals surface area contributed by atoms with Gasteiger partial charge in [-0.3, -0.25) is 0 Å². The predicted octanol–water partition coefficient (Wildman–Crippen LogP) is 2.23. The third-order valence-corrected chi connectivity index (χ3v) is 5.14. The zero-order valence-electron chi connectivity index (χ0n) is 12.8. The Kier molecular flexibility index (Phi) is 7.73. The molecule has 2 N–H and O–H groups in total. The maximum atomic E-state index is 12.4. The van der Waals surface area contributed by atoms with Gasteiger partial charge in [-0.25, -0.2) is 13.1 Å². The molecule has 0 unspecified atom stereocenters. The highest BCUT2D eigenvalue weighted by Gasteiger charge is 2.21. The summed E-state index contributed by atoms with van der Waals surface area (Å²) in [6, 6.07) is 2.03. The lowest BCUT2D eigenvalue weighted by Crippen LogP contribution is -2.32. The Morgan fingerprint density at radius 1 is 1.00 bits per heavy atom. The first-order valence-corrected chi connectivity index (χ1v) is 8.07. The van der Waals surface area contributed by atoms with Crippen molar-refractivity contribution >= 4 is 22.4 Å². The minimum Gasteiger partial charge on any atom is -0.316 e. The average Bonchev–Trinajstić information content (AvgIpc) is 2.32. The lowest BCUT2D eigenvalue weighted by atomic mass is 10.0. The summed E-state index contributed by atoms with van der Waals surface area (Å²) in [5.41, 5.74) is 3.68. The van der Waals surface area contributed by atoms with E-state index in [1.54, 1.807) is 0 Å². The van der Waals surface area contributed by atoms with Gasteiger partial charge in [0.25, 0.3) is 0 Å². The van der Waals surface area contributed by atoms with Gasteiger partial charge in [0.15, 0.2) is 0 Å². The second-order valence-corrected chi connectivity index (χ2v) is 6.54. The van der Waals surface area contributed by atoms with Crippen molar-refractivity contribution in [2.24, 2.45) is 0 Å². The SMILES string of the molecule is CCNCCNS(=O)(=O)c1c(C)c(C)cc(C)c1C.Cl. The molecule has 0 atom stereocenters. The van der Waals surface area contributed by atoms with Crippen molar-refractivity contribution in [2.75, 3.05) is 19.6 Å². The summed E-state index contributed by atoms with van der Waals surface area (Å²) < 4.78 is 27.5. The van der Waals surface area contributed by atoms with E-state index in [2.05, 4.69) is 10.0 Å². The van der Waals surface area contributed by atoms with Gasteiger partial charge in [-0.15, -0.1) is 12.4 Å². The van der Waals surface area contributed by atoms with Gasteiger partial charge < -0.3 is 5.32 Å². The molecule has 116 valence electrons. The van der Waals surface area contributed by atoms with Crippen molar-refractivity contribution in [3.8, 4) is 0 Å². The first-order chi connectivity index (χ1) is 8.81. The van der Waals surface area contributed by atoms with E-state index in [0.29, 0.717) is 18.0 Å². The molecule has 0 saturated heterocycles. The third kappa shape index (κ3) is 4.45. The number of rotatable bonds is 6. The van der Waals surface area contributed by atoms with Crippen LogP contribution in [0, 0.1) is 27.7 Å². The molecule has 6 heteroatoms. The molecule has 0 aromatic heterocycles. The van der Waals surface area contributed by atoms with Gasteiger partial charge in [0.1, 0.15) is 0 Å². The average molecular weight is 321 g/mol. The molecule has 20 heavy (non-hydrogen) atoms. The third-order valence-electron chi connectivity index (χ3n) is 3.41. The van der Waals surface area contributed by atoms with Crippen molar-refractivity contribution in [1.29, 1.82) is 0 Å². The summed E-state index contributed by atoms with van der Waals surface area (Å²) in [6.07, 6.45) is 0. The quantitative estimate of drug-likeness (QED) is 0.790. The normalized spacial score (nSPS) is 11.2. The number of hydrogen-bond acceptors (Lipinski definition) is 3. The molecular weight excluding hydrogens is 296 g/mol. The van der Waals surface area contributed by atoms with E-state index in [-0.39, 0.29) is 12.4 Å². The topological polar surface area (TPSA) is 58.2 Å². The Bertz CT molecular complexity index is 531. The van der Waals surface area contributed by atoms with Crippen LogP contribution in [0.1, 0.15) is 29.2 Å². The van der Waals surface area contributed by atoms with Gasteiger partial charge in [-0.05, 0) is 56.5 Å². The molecule has 0 spiro atoms. The van der Waals surface area contributed by atoms with Crippen LogP contribution in [0.25, 0.3) is 0 Å². The molecule has 0 bridgehead atoms. The largest absolute Gasteiger partial charge is 0.316 e. The van der Waals surface area contributed by atoms with E-state index in [0.717, 1.165) is 28.8 Å². The minimum absolute atomic E-state index is 0. The minimum atomic E-state index is -3.44. The maximum Gasteiger partial charge on any atom is 0.241 e. The van der Waals surface area contributed by atoms with Crippen molar-refractivity contribution in [1.82, 2.24) is 10.0 Å². The fourth-order valence-corrected chi connectivity index (χ4v) is 3.75. The van der Waals surface area contributed by atoms with Crippen LogP contribution in [0.4, 0.5) is 0 Å². The number of likely N-dealkylation sites (N-methyl/N-ethyl adjacent to an activating group) is 1. The Morgan fingerprint density at radius 3 is 1.95 bits per heavy atom. The highest BCUT2D eigenvalue weighted by Crippen LogP contribution is 2.25. The second-order valence-electron chi connectivity index (χ2n) is 4.84. The Balaban J connectivity index is 0.00000361.